The van der Waals surface area contributed by atoms with E-state index in [-0.39, 0.29) is 16.7 Å². The molecule has 1 aliphatic rings. The number of hydrogen-bond donors (Lipinski definition) is 0. The van der Waals surface area contributed by atoms with Gasteiger partial charge in [-0.15, -0.1) is 17.9 Å². The normalized spacial score (nSPS) is 14.6. The summed E-state index contributed by atoms with van der Waals surface area (Å²) in [5.41, 5.74) is 2.19. The summed E-state index contributed by atoms with van der Waals surface area (Å²) in [5.74, 6) is 0.504. The fraction of sp³-hybridized carbons (Fsp3) is 0.348. The molecular formula is C23H25N3O2S2. The van der Waals surface area contributed by atoms with Crippen molar-refractivity contribution in [3.63, 3.8) is 0 Å². The Morgan fingerprint density at radius 2 is 2.13 bits per heavy atom. The smallest absolute Gasteiger partial charge is 0.263 e. The van der Waals surface area contributed by atoms with Gasteiger partial charge in [0.2, 0.25) is 5.91 Å². The lowest BCUT2D eigenvalue weighted by molar-refractivity contribution is -0.129. The first kappa shape index (κ1) is 20.9. The number of hydrogen-bond acceptors (Lipinski definition) is 5. The highest BCUT2D eigenvalue weighted by Gasteiger charge is 2.29. The Morgan fingerprint density at radius 3 is 2.80 bits per heavy atom. The molecule has 1 amide bonds. The lowest BCUT2D eigenvalue weighted by Crippen LogP contribution is -2.33. The summed E-state index contributed by atoms with van der Waals surface area (Å²) >= 11 is 2.86. The summed E-state index contributed by atoms with van der Waals surface area (Å²) in [7, 11) is 1.81. The predicted octanol–water partition coefficient (Wildman–Crippen LogP) is 4.66. The number of fused-ring (bicyclic) bond motifs is 1. The molecule has 1 fully saturated rings. The molecule has 156 valence electrons. The van der Waals surface area contributed by atoms with Crippen molar-refractivity contribution in [3.05, 3.63) is 69.8 Å². The molecule has 1 aromatic carbocycles. The van der Waals surface area contributed by atoms with E-state index in [0.717, 1.165) is 34.2 Å². The zero-order valence-electron chi connectivity index (χ0n) is 17.2. The van der Waals surface area contributed by atoms with Crippen LogP contribution in [0.15, 0.2) is 58.3 Å². The molecule has 0 radical (unpaired) electrons. The van der Waals surface area contributed by atoms with E-state index in [9.17, 15) is 9.59 Å². The predicted molar refractivity (Wildman–Crippen MR) is 124 cm³/mol. The van der Waals surface area contributed by atoms with Crippen molar-refractivity contribution < 1.29 is 4.79 Å². The van der Waals surface area contributed by atoms with Crippen molar-refractivity contribution >= 4 is 39.2 Å². The second-order valence-corrected chi connectivity index (χ2v) is 9.85. The highest BCUT2D eigenvalue weighted by atomic mass is 32.2. The standard InChI is InChI=1S/C23H25N3O2S2/c1-4-12-26-22(28)19-18(17-10-11-17)14-29-20(19)24-23(26)30-15(2)21(27)25(3)13-16-8-6-5-7-9-16/h4-9,14-15,17H,1,10-13H2,2-3H3/t15-/m0/s1. The lowest BCUT2D eigenvalue weighted by atomic mass is 10.1. The van der Waals surface area contributed by atoms with E-state index in [4.69, 9.17) is 4.98 Å². The fourth-order valence-corrected chi connectivity index (χ4v) is 5.65. The Kier molecular flexibility index (Phi) is 6.11. The topological polar surface area (TPSA) is 55.2 Å². The van der Waals surface area contributed by atoms with Crippen LogP contribution in [-0.2, 0) is 17.9 Å². The van der Waals surface area contributed by atoms with Crippen LogP contribution in [0.4, 0.5) is 0 Å². The van der Waals surface area contributed by atoms with Crippen molar-refractivity contribution in [2.24, 2.45) is 0 Å². The molecule has 5 nitrogen and oxygen atoms in total. The number of nitrogens with zero attached hydrogens (tertiary/aromatic N) is 3. The second kappa shape index (κ2) is 8.78. The van der Waals surface area contributed by atoms with Crippen LogP contribution >= 0.6 is 23.1 Å². The number of thiophene rings is 1. The summed E-state index contributed by atoms with van der Waals surface area (Å²) in [4.78, 5) is 33.5. The molecule has 0 bridgehead atoms. The van der Waals surface area contributed by atoms with E-state index in [1.54, 1.807) is 22.6 Å². The van der Waals surface area contributed by atoms with Gasteiger partial charge in [0.1, 0.15) is 4.83 Å². The van der Waals surface area contributed by atoms with Crippen molar-refractivity contribution in [1.82, 2.24) is 14.5 Å². The molecule has 0 aliphatic heterocycles. The number of thioether (sulfide) groups is 1. The minimum Gasteiger partial charge on any atom is -0.340 e. The SMILES string of the molecule is C=CCn1c(S[C@@H](C)C(=O)N(C)Cc2ccccc2)nc2scc(C3CC3)c2c1=O. The molecule has 2 heterocycles. The minimum absolute atomic E-state index is 0.00759. The molecule has 1 atom stereocenters. The first-order valence-electron chi connectivity index (χ1n) is 10.1. The van der Waals surface area contributed by atoms with Crippen LogP contribution in [0.2, 0.25) is 0 Å². The molecule has 3 aromatic rings. The number of aromatic nitrogens is 2. The summed E-state index contributed by atoms with van der Waals surface area (Å²) in [5, 5.41) is 3.03. The van der Waals surface area contributed by atoms with E-state index >= 15 is 0 Å². The Balaban J connectivity index is 1.59. The lowest BCUT2D eigenvalue weighted by Gasteiger charge is -2.22. The Bertz CT molecular complexity index is 1130. The Morgan fingerprint density at radius 1 is 1.40 bits per heavy atom. The van der Waals surface area contributed by atoms with Gasteiger partial charge in [-0.2, -0.15) is 0 Å². The van der Waals surface area contributed by atoms with Crippen LogP contribution in [0.5, 0.6) is 0 Å². The maximum Gasteiger partial charge on any atom is 0.263 e. The number of carbonyl (C=O) groups excluding carboxylic acids is 1. The van der Waals surface area contributed by atoms with Crippen LogP contribution in [0.3, 0.4) is 0 Å². The van der Waals surface area contributed by atoms with E-state index in [1.807, 2.05) is 37.3 Å². The van der Waals surface area contributed by atoms with Crippen molar-refractivity contribution in [3.8, 4) is 0 Å². The maximum absolute atomic E-state index is 13.3. The average Bonchev–Trinajstić information content (AvgIpc) is 3.50. The summed E-state index contributed by atoms with van der Waals surface area (Å²) in [6.07, 6.45) is 3.99. The molecule has 1 saturated carbocycles. The van der Waals surface area contributed by atoms with Crippen LogP contribution in [0.1, 0.15) is 36.8 Å². The Hall–Kier alpha value is -2.38. The second-order valence-electron chi connectivity index (χ2n) is 7.68. The van der Waals surface area contributed by atoms with Gasteiger partial charge in [0.25, 0.3) is 5.56 Å². The first-order valence-corrected chi connectivity index (χ1v) is 11.8. The average molecular weight is 440 g/mol. The van der Waals surface area contributed by atoms with Crippen molar-refractivity contribution in [1.29, 1.82) is 0 Å². The van der Waals surface area contributed by atoms with Gasteiger partial charge in [0.05, 0.1) is 10.6 Å². The number of carbonyl (C=O) groups is 1. The molecule has 1 aliphatic carbocycles. The summed E-state index contributed by atoms with van der Waals surface area (Å²) < 4.78 is 1.65. The van der Waals surface area contributed by atoms with Gasteiger partial charge in [0, 0.05) is 20.1 Å². The van der Waals surface area contributed by atoms with Gasteiger partial charge < -0.3 is 4.90 Å². The van der Waals surface area contributed by atoms with Gasteiger partial charge in [0.15, 0.2) is 5.16 Å². The molecule has 4 rings (SSSR count). The zero-order chi connectivity index (χ0) is 21.3. The van der Waals surface area contributed by atoms with Crippen LogP contribution < -0.4 is 5.56 Å². The molecule has 0 unspecified atom stereocenters. The molecular weight excluding hydrogens is 414 g/mol. The van der Waals surface area contributed by atoms with Gasteiger partial charge >= 0.3 is 0 Å². The fourth-order valence-electron chi connectivity index (χ4n) is 3.56. The molecule has 0 N–H and O–H groups in total. The monoisotopic (exact) mass is 439 g/mol. The van der Waals surface area contributed by atoms with Gasteiger partial charge in [-0.05, 0) is 42.2 Å². The van der Waals surface area contributed by atoms with Gasteiger partial charge in [-0.3, -0.25) is 14.2 Å². The van der Waals surface area contributed by atoms with Crippen LogP contribution in [0.25, 0.3) is 10.2 Å². The summed E-state index contributed by atoms with van der Waals surface area (Å²) in [6.45, 7) is 6.59. The number of benzene rings is 1. The molecule has 0 spiro atoms. The largest absolute Gasteiger partial charge is 0.340 e. The minimum atomic E-state index is -0.359. The van der Waals surface area contributed by atoms with Crippen LogP contribution in [0, 0.1) is 0 Å². The molecule has 30 heavy (non-hydrogen) atoms. The quantitative estimate of drug-likeness (QED) is 0.291. The van der Waals surface area contributed by atoms with Crippen molar-refractivity contribution in [2.45, 2.75) is 49.2 Å². The van der Waals surface area contributed by atoms with E-state index in [0.29, 0.717) is 24.2 Å². The van der Waals surface area contributed by atoms with Gasteiger partial charge in [-0.1, -0.05) is 48.2 Å². The highest BCUT2D eigenvalue weighted by molar-refractivity contribution is 8.00. The van der Waals surface area contributed by atoms with Crippen molar-refractivity contribution in [2.75, 3.05) is 7.05 Å². The number of amides is 1. The van der Waals surface area contributed by atoms with Gasteiger partial charge in [-0.25, -0.2) is 4.98 Å². The molecule has 0 saturated heterocycles. The van der Waals surface area contributed by atoms with E-state index < -0.39 is 0 Å². The number of allylic oxidation sites excluding steroid dienone is 1. The highest BCUT2D eigenvalue weighted by Crippen LogP contribution is 2.44. The Labute approximate surface area is 184 Å². The van der Waals surface area contributed by atoms with E-state index in [1.165, 1.54) is 23.1 Å². The third-order valence-electron chi connectivity index (χ3n) is 5.28. The molecule has 2 aromatic heterocycles. The third kappa shape index (κ3) is 4.23. The van der Waals surface area contributed by atoms with Crippen LogP contribution in [-0.4, -0.2) is 32.7 Å². The summed E-state index contributed by atoms with van der Waals surface area (Å²) in [6, 6.07) is 9.91. The van der Waals surface area contributed by atoms with E-state index in [2.05, 4.69) is 12.0 Å². The number of rotatable bonds is 8. The third-order valence-corrected chi connectivity index (χ3v) is 7.25. The zero-order valence-corrected chi connectivity index (χ0v) is 18.8. The first-order chi connectivity index (χ1) is 14.5. The molecule has 7 heteroatoms. The maximum atomic E-state index is 13.3.